The summed E-state index contributed by atoms with van der Waals surface area (Å²) in [5, 5.41) is 10.0. The van der Waals surface area contributed by atoms with Gasteiger partial charge in [-0.1, -0.05) is 12.1 Å². The molecule has 0 aliphatic carbocycles. The Balaban J connectivity index is 1.80. The van der Waals surface area contributed by atoms with E-state index in [-0.39, 0.29) is 23.3 Å². The van der Waals surface area contributed by atoms with Gasteiger partial charge in [-0.2, -0.15) is 0 Å². The summed E-state index contributed by atoms with van der Waals surface area (Å²) in [7, 11) is 5.67. The van der Waals surface area contributed by atoms with Gasteiger partial charge in [-0.3, -0.25) is 9.36 Å². The van der Waals surface area contributed by atoms with Crippen molar-refractivity contribution in [1.82, 2.24) is 4.57 Å². The molecular weight excluding hydrogens is 580 g/mol. The molecule has 0 saturated carbocycles. The quantitative estimate of drug-likeness (QED) is 0.157. The van der Waals surface area contributed by atoms with Crippen LogP contribution in [0.1, 0.15) is 26.4 Å². The molecule has 1 heterocycles. The van der Waals surface area contributed by atoms with Gasteiger partial charge < -0.3 is 34.5 Å². The molecule has 45 heavy (non-hydrogen) atoms. The van der Waals surface area contributed by atoms with E-state index in [4.69, 9.17) is 29.4 Å². The standard InChI is InChI=1S/C34H30N2O9/c1-41-27-15-21(16-28(42-2)31(27)43-3)29-25-13-12-24(45-18-19-6-5-7-20(14-19)33(38)39)17-26(25)32(37)36(30(29)34(40)44-4)23-10-8-22(35)9-11-23/h5-17H,18,35H2,1-4H3,(H,38,39). The third-order valence-electron chi connectivity index (χ3n) is 7.22. The zero-order valence-corrected chi connectivity index (χ0v) is 25.0. The molecule has 0 aliphatic rings. The van der Waals surface area contributed by atoms with Crippen LogP contribution in [0.2, 0.25) is 0 Å². The SMILES string of the molecule is COC(=O)c1c(-c2cc(OC)c(OC)c(OC)c2)c2ccc(OCc3cccc(C(=O)O)c3)cc2c(=O)n1-c1ccc(N)cc1. The van der Waals surface area contributed by atoms with Crippen molar-refractivity contribution in [3.8, 4) is 39.8 Å². The Morgan fingerprint density at radius 2 is 1.51 bits per heavy atom. The third kappa shape index (κ3) is 5.83. The fraction of sp³-hybridized carbons (Fsp3) is 0.147. The van der Waals surface area contributed by atoms with E-state index in [0.29, 0.717) is 56.4 Å². The lowest BCUT2D eigenvalue weighted by atomic mass is 9.95. The Morgan fingerprint density at radius 3 is 2.11 bits per heavy atom. The molecule has 0 bridgehead atoms. The zero-order chi connectivity index (χ0) is 32.2. The Kier molecular flexibility index (Phi) is 8.62. The number of aromatic nitrogens is 1. The summed E-state index contributed by atoms with van der Waals surface area (Å²) in [5.41, 5.74) is 7.85. The first-order valence-electron chi connectivity index (χ1n) is 13.6. The van der Waals surface area contributed by atoms with Crippen molar-refractivity contribution in [1.29, 1.82) is 0 Å². The van der Waals surface area contributed by atoms with Crippen molar-refractivity contribution in [3.05, 3.63) is 106 Å². The number of esters is 1. The number of carboxylic acid groups (broad SMARTS) is 1. The van der Waals surface area contributed by atoms with Crippen molar-refractivity contribution >= 4 is 28.4 Å². The smallest absolute Gasteiger partial charge is 0.355 e. The molecule has 11 nitrogen and oxygen atoms in total. The highest BCUT2D eigenvalue weighted by Crippen LogP contribution is 2.44. The number of methoxy groups -OCH3 is 4. The van der Waals surface area contributed by atoms with Gasteiger partial charge in [0.05, 0.1) is 39.4 Å². The fourth-order valence-corrected chi connectivity index (χ4v) is 5.11. The predicted molar refractivity (Wildman–Crippen MR) is 168 cm³/mol. The van der Waals surface area contributed by atoms with E-state index in [0.717, 1.165) is 0 Å². The van der Waals surface area contributed by atoms with Crippen LogP contribution in [-0.4, -0.2) is 50.1 Å². The van der Waals surface area contributed by atoms with E-state index < -0.39 is 17.5 Å². The average molecular weight is 611 g/mol. The minimum atomic E-state index is -1.05. The molecule has 3 N–H and O–H groups in total. The molecule has 0 spiro atoms. The molecule has 0 amide bonds. The number of fused-ring (bicyclic) bond motifs is 1. The van der Waals surface area contributed by atoms with E-state index in [1.54, 1.807) is 66.7 Å². The monoisotopic (exact) mass is 610 g/mol. The average Bonchev–Trinajstić information content (AvgIpc) is 3.06. The minimum absolute atomic E-state index is 0.0341. The van der Waals surface area contributed by atoms with Crippen LogP contribution >= 0.6 is 0 Å². The highest BCUT2D eigenvalue weighted by molar-refractivity contribution is 6.08. The Labute approximate surface area is 257 Å². The number of hydrogen-bond donors (Lipinski definition) is 2. The summed E-state index contributed by atoms with van der Waals surface area (Å²) in [4.78, 5) is 39.2. The van der Waals surface area contributed by atoms with Gasteiger partial charge in [0.15, 0.2) is 11.5 Å². The zero-order valence-electron chi connectivity index (χ0n) is 25.0. The van der Waals surface area contributed by atoms with Gasteiger partial charge in [-0.25, -0.2) is 9.59 Å². The third-order valence-corrected chi connectivity index (χ3v) is 7.22. The minimum Gasteiger partial charge on any atom is -0.493 e. The number of carbonyl (C=O) groups is 2. The molecule has 0 atom stereocenters. The topological polar surface area (TPSA) is 149 Å². The summed E-state index contributed by atoms with van der Waals surface area (Å²) in [6.45, 7) is 0.0543. The van der Waals surface area contributed by atoms with Gasteiger partial charge in [0.25, 0.3) is 5.56 Å². The van der Waals surface area contributed by atoms with Crippen molar-refractivity contribution < 1.29 is 38.4 Å². The maximum Gasteiger partial charge on any atom is 0.355 e. The number of anilines is 1. The molecule has 0 radical (unpaired) electrons. The van der Waals surface area contributed by atoms with Crippen molar-refractivity contribution in [3.63, 3.8) is 0 Å². The predicted octanol–water partition coefficient (Wildman–Crippen LogP) is 5.33. The first-order valence-corrected chi connectivity index (χ1v) is 13.6. The maximum absolute atomic E-state index is 14.3. The van der Waals surface area contributed by atoms with E-state index in [9.17, 15) is 19.5 Å². The highest BCUT2D eigenvalue weighted by atomic mass is 16.5. The van der Waals surface area contributed by atoms with Crippen LogP contribution in [-0.2, 0) is 11.3 Å². The number of nitrogens with two attached hydrogens (primary N) is 1. The van der Waals surface area contributed by atoms with Crippen molar-refractivity contribution in [2.45, 2.75) is 6.61 Å². The normalized spacial score (nSPS) is 10.8. The lowest BCUT2D eigenvalue weighted by molar-refractivity contribution is 0.0590. The number of benzene rings is 4. The van der Waals surface area contributed by atoms with E-state index in [1.165, 1.54) is 45.1 Å². The van der Waals surface area contributed by atoms with Gasteiger partial charge in [-0.05, 0) is 83.2 Å². The highest BCUT2D eigenvalue weighted by Gasteiger charge is 2.27. The number of pyridine rings is 1. The number of rotatable bonds is 10. The van der Waals surface area contributed by atoms with Gasteiger partial charge in [0.2, 0.25) is 5.75 Å². The molecular formula is C34H30N2O9. The molecule has 230 valence electrons. The van der Waals surface area contributed by atoms with Crippen LogP contribution in [0, 0.1) is 0 Å². The maximum atomic E-state index is 14.3. The molecule has 0 fully saturated rings. The van der Waals surface area contributed by atoms with E-state index in [2.05, 4.69) is 0 Å². The van der Waals surface area contributed by atoms with Crippen LogP contribution in [0.3, 0.4) is 0 Å². The number of aromatic carboxylic acids is 1. The van der Waals surface area contributed by atoms with Crippen LogP contribution < -0.4 is 30.2 Å². The van der Waals surface area contributed by atoms with Gasteiger partial charge >= 0.3 is 11.9 Å². The molecule has 0 unspecified atom stereocenters. The second-order valence-electron chi connectivity index (χ2n) is 9.86. The first-order chi connectivity index (χ1) is 21.7. The number of carboxylic acids is 1. The van der Waals surface area contributed by atoms with Crippen LogP contribution in [0.15, 0.2) is 83.7 Å². The van der Waals surface area contributed by atoms with Crippen LogP contribution in [0.5, 0.6) is 23.0 Å². The summed E-state index contributed by atoms with van der Waals surface area (Å²) >= 11 is 0. The number of hydrogen-bond acceptors (Lipinski definition) is 9. The largest absolute Gasteiger partial charge is 0.493 e. The van der Waals surface area contributed by atoms with Crippen molar-refractivity contribution in [2.75, 3.05) is 34.2 Å². The first kappa shape index (κ1) is 30.5. The number of nitrogen functional groups attached to an aromatic ring is 1. The molecule has 5 rings (SSSR count). The van der Waals surface area contributed by atoms with E-state index in [1.807, 2.05) is 0 Å². The molecule has 5 aromatic rings. The molecule has 1 aromatic heterocycles. The van der Waals surface area contributed by atoms with E-state index >= 15 is 0 Å². The number of nitrogens with zero attached hydrogens (tertiary/aromatic N) is 1. The summed E-state index contributed by atoms with van der Waals surface area (Å²) in [6.07, 6.45) is 0. The number of ether oxygens (including phenoxy) is 5. The Hall–Kier alpha value is -5.97. The summed E-state index contributed by atoms with van der Waals surface area (Å²) in [6, 6.07) is 21.2. The number of carbonyl (C=O) groups excluding carboxylic acids is 1. The van der Waals surface area contributed by atoms with Crippen molar-refractivity contribution in [2.24, 2.45) is 0 Å². The molecule has 0 aliphatic heterocycles. The Bertz CT molecular complexity index is 1960. The van der Waals surface area contributed by atoms with Gasteiger partial charge in [0.1, 0.15) is 18.1 Å². The molecule has 11 heteroatoms. The second kappa shape index (κ2) is 12.7. The van der Waals surface area contributed by atoms with Gasteiger partial charge in [0, 0.05) is 16.9 Å². The fourth-order valence-electron chi connectivity index (χ4n) is 5.11. The lowest BCUT2D eigenvalue weighted by Gasteiger charge is -2.21. The molecule has 0 saturated heterocycles. The lowest BCUT2D eigenvalue weighted by Crippen LogP contribution is -2.27. The summed E-state index contributed by atoms with van der Waals surface area (Å²) in [5.74, 6) is -0.429. The van der Waals surface area contributed by atoms with Gasteiger partial charge in [-0.15, -0.1) is 0 Å². The van der Waals surface area contributed by atoms with Crippen LogP contribution in [0.4, 0.5) is 5.69 Å². The Morgan fingerprint density at radius 1 is 0.822 bits per heavy atom. The second-order valence-corrected chi connectivity index (χ2v) is 9.86. The molecule has 4 aromatic carbocycles. The summed E-state index contributed by atoms with van der Waals surface area (Å²) < 4.78 is 29.1. The van der Waals surface area contributed by atoms with Crippen LogP contribution in [0.25, 0.3) is 27.6 Å².